The van der Waals surface area contributed by atoms with Crippen molar-refractivity contribution < 1.29 is 4.74 Å². The molecule has 1 atom stereocenters. The highest BCUT2D eigenvalue weighted by Gasteiger charge is 2.20. The van der Waals surface area contributed by atoms with Gasteiger partial charge in [0.25, 0.3) is 0 Å². The summed E-state index contributed by atoms with van der Waals surface area (Å²) in [4.78, 5) is 2.45. The molecule has 112 valence electrons. The first-order valence-corrected chi connectivity index (χ1v) is 7.56. The standard InChI is InChI=1S/C17H28N2O/c1-13-6-7-16(19-8-9-20-14(2)12-19)15(10-13)11-18-17(3,4)5/h6-7,10,14,18H,8-9,11-12H2,1-5H3. The van der Waals surface area contributed by atoms with Crippen LogP contribution in [0.4, 0.5) is 5.69 Å². The van der Waals surface area contributed by atoms with Gasteiger partial charge < -0.3 is 15.0 Å². The van der Waals surface area contributed by atoms with E-state index in [0.29, 0.717) is 6.10 Å². The minimum Gasteiger partial charge on any atom is -0.375 e. The Morgan fingerprint density at radius 2 is 2.10 bits per heavy atom. The Morgan fingerprint density at radius 1 is 1.35 bits per heavy atom. The van der Waals surface area contributed by atoms with Gasteiger partial charge in [-0.3, -0.25) is 0 Å². The molecule has 0 radical (unpaired) electrons. The van der Waals surface area contributed by atoms with E-state index in [2.05, 4.69) is 63.0 Å². The predicted molar refractivity (Wildman–Crippen MR) is 85.4 cm³/mol. The van der Waals surface area contributed by atoms with Crippen molar-refractivity contribution in [2.24, 2.45) is 0 Å². The molecular weight excluding hydrogens is 248 g/mol. The van der Waals surface area contributed by atoms with Crippen molar-refractivity contribution in [1.82, 2.24) is 5.32 Å². The summed E-state index contributed by atoms with van der Waals surface area (Å²) in [5.74, 6) is 0. The van der Waals surface area contributed by atoms with Crippen LogP contribution in [0.1, 0.15) is 38.8 Å². The minimum absolute atomic E-state index is 0.138. The summed E-state index contributed by atoms with van der Waals surface area (Å²) in [6, 6.07) is 6.76. The number of rotatable bonds is 3. The Kier molecular flexibility index (Phi) is 4.71. The molecule has 1 aromatic carbocycles. The summed E-state index contributed by atoms with van der Waals surface area (Å²) in [5, 5.41) is 3.60. The predicted octanol–water partition coefficient (Wildman–Crippen LogP) is 3.11. The fourth-order valence-electron chi connectivity index (χ4n) is 2.56. The molecule has 0 aromatic heterocycles. The maximum atomic E-state index is 5.65. The van der Waals surface area contributed by atoms with Crippen LogP contribution in [0.5, 0.6) is 0 Å². The van der Waals surface area contributed by atoms with Gasteiger partial charge in [0.05, 0.1) is 12.7 Å². The molecule has 1 aromatic rings. The third-order valence-electron chi connectivity index (χ3n) is 3.63. The van der Waals surface area contributed by atoms with E-state index in [9.17, 15) is 0 Å². The summed E-state index contributed by atoms with van der Waals surface area (Å²) in [7, 11) is 0. The molecule has 1 heterocycles. The molecule has 1 N–H and O–H groups in total. The Labute approximate surface area is 123 Å². The molecule has 0 saturated carbocycles. The first kappa shape index (κ1) is 15.3. The lowest BCUT2D eigenvalue weighted by Crippen LogP contribution is -2.42. The number of benzene rings is 1. The molecule has 20 heavy (non-hydrogen) atoms. The summed E-state index contributed by atoms with van der Waals surface area (Å²) in [6.07, 6.45) is 0.313. The van der Waals surface area contributed by atoms with Crippen molar-refractivity contribution in [2.45, 2.75) is 52.8 Å². The van der Waals surface area contributed by atoms with Crippen LogP contribution in [0.15, 0.2) is 18.2 Å². The highest BCUT2D eigenvalue weighted by molar-refractivity contribution is 5.55. The molecule has 0 aliphatic carbocycles. The number of hydrogen-bond donors (Lipinski definition) is 1. The molecule has 0 spiro atoms. The first-order valence-electron chi connectivity index (χ1n) is 7.56. The van der Waals surface area contributed by atoms with Crippen molar-refractivity contribution in [2.75, 3.05) is 24.6 Å². The number of morpholine rings is 1. The van der Waals surface area contributed by atoms with E-state index in [0.717, 1.165) is 26.2 Å². The van der Waals surface area contributed by atoms with Gasteiger partial charge in [0.15, 0.2) is 0 Å². The summed E-state index contributed by atoms with van der Waals surface area (Å²) >= 11 is 0. The average molecular weight is 276 g/mol. The molecule has 3 heteroatoms. The van der Waals surface area contributed by atoms with Gasteiger partial charge >= 0.3 is 0 Å². The average Bonchev–Trinajstić information content (AvgIpc) is 2.35. The van der Waals surface area contributed by atoms with E-state index in [4.69, 9.17) is 4.74 Å². The second-order valence-electron chi connectivity index (χ2n) is 6.86. The third kappa shape index (κ3) is 4.22. The third-order valence-corrected chi connectivity index (χ3v) is 3.63. The quantitative estimate of drug-likeness (QED) is 0.918. The van der Waals surface area contributed by atoms with Gasteiger partial charge in [-0.1, -0.05) is 17.7 Å². The number of hydrogen-bond acceptors (Lipinski definition) is 3. The maximum Gasteiger partial charge on any atom is 0.0722 e. The lowest BCUT2D eigenvalue weighted by molar-refractivity contribution is 0.0531. The second kappa shape index (κ2) is 6.15. The molecule has 1 aliphatic rings. The first-order chi connectivity index (χ1) is 9.35. The zero-order valence-electron chi connectivity index (χ0n) is 13.5. The van der Waals surface area contributed by atoms with Gasteiger partial charge in [0.2, 0.25) is 0 Å². The zero-order chi connectivity index (χ0) is 14.8. The molecule has 0 bridgehead atoms. The Balaban J connectivity index is 2.18. The van der Waals surface area contributed by atoms with E-state index >= 15 is 0 Å². The smallest absolute Gasteiger partial charge is 0.0722 e. The van der Waals surface area contributed by atoms with E-state index in [1.54, 1.807) is 0 Å². The Morgan fingerprint density at radius 3 is 2.75 bits per heavy atom. The highest BCUT2D eigenvalue weighted by Crippen LogP contribution is 2.24. The lowest BCUT2D eigenvalue weighted by Gasteiger charge is -2.35. The van der Waals surface area contributed by atoms with Gasteiger partial charge in [0.1, 0.15) is 0 Å². The lowest BCUT2D eigenvalue weighted by atomic mass is 10.0. The van der Waals surface area contributed by atoms with Gasteiger partial charge in [-0.15, -0.1) is 0 Å². The molecular formula is C17H28N2O. The van der Waals surface area contributed by atoms with Crippen molar-refractivity contribution >= 4 is 5.69 Å². The molecule has 2 rings (SSSR count). The summed E-state index contributed by atoms with van der Waals surface area (Å²) in [6.45, 7) is 14.6. The number of anilines is 1. The molecule has 1 unspecified atom stereocenters. The van der Waals surface area contributed by atoms with Gasteiger partial charge in [0, 0.05) is 30.9 Å². The van der Waals surface area contributed by atoms with E-state index in [1.807, 2.05) is 0 Å². The summed E-state index contributed by atoms with van der Waals surface area (Å²) in [5.41, 5.74) is 4.19. The van der Waals surface area contributed by atoms with Crippen LogP contribution in [0.3, 0.4) is 0 Å². The van der Waals surface area contributed by atoms with Crippen molar-refractivity contribution in [1.29, 1.82) is 0 Å². The van der Waals surface area contributed by atoms with Crippen LogP contribution in [-0.4, -0.2) is 31.3 Å². The van der Waals surface area contributed by atoms with Crippen LogP contribution in [0.2, 0.25) is 0 Å². The molecule has 1 aliphatic heterocycles. The van der Waals surface area contributed by atoms with E-state index in [1.165, 1.54) is 16.8 Å². The minimum atomic E-state index is 0.138. The monoisotopic (exact) mass is 276 g/mol. The Hall–Kier alpha value is -1.06. The second-order valence-corrected chi connectivity index (χ2v) is 6.86. The van der Waals surface area contributed by atoms with Crippen LogP contribution >= 0.6 is 0 Å². The van der Waals surface area contributed by atoms with Crippen LogP contribution in [0.25, 0.3) is 0 Å². The summed E-state index contributed by atoms with van der Waals surface area (Å²) < 4.78 is 5.65. The number of nitrogens with zero attached hydrogens (tertiary/aromatic N) is 1. The van der Waals surface area contributed by atoms with Crippen molar-refractivity contribution in [3.05, 3.63) is 29.3 Å². The highest BCUT2D eigenvalue weighted by atomic mass is 16.5. The van der Waals surface area contributed by atoms with Crippen LogP contribution in [-0.2, 0) is 11.3 Å². The number of ether oxygens (including phenoxy) is 1. The van der Waals surface area contributed by atoms with Gasteiger partial charge in [-0.2, -0.15) is 0 Å². The fraction of sp³-hybridized carbons (Fsp3) is 0.647. The van der Waals surface area contributed by atoms with Gasteiger partial charge in [-0.05, 0) is 46.2 Å². The SMILES string of the molecule is Cc1ccc(N2CCOC(C)C2)c(CNC(C)(C)C)c1. The zero-order valence-corrected chi connectivity index (χ0v) is 13.5. The van der Waals surface area contributed by atoms with E-state index < -0.39 is 0 Å². The molecule has 1 saturated heterocycles. The number of aryl methyl sites for hydroxylation is 1. The van der Waals surface area contributed by atoms with Crippen LogP contribution in [0, 0.1) is 6.92 Å². The normalized spacial score (nSPS) is 20.2. The number of nitrogens with one attached hydrogen (secondary N) is 1. The van der Waals surface area contributed by atoms with Crippen molar-refractivity contribution in [3.63, 3.8) is 0 Å². The van der Waals surface area contributed by atoms with Gasteiger partial charge in [-0.25, -0.2) is 0 Å². The Bertz CT molecular complexity index is 451. The van der Waals surface area contributed by atoms with E-state index in [-0.39, 0.29) is 5.54 Å². The van der Waals surface area contributed by atoms with Crippen molar-refractivity contribution in [3.8, 4) is 0 Å². The largest absolute Gasteiger partial charge is 0.375 e. The topological polar surface area (TPSA) is 24.5 Å². The van der Waals surface area contributed by atoms with Crippen LogP contribution < -0.4 is 10.2 Å². The molecule has 1 fully saturated rings. The fourth-order valence-corrected chi connectivity index (χ4v) is 2.56. The molecule has 0 amide bonds. The maximum absolute atomic E-state index is 5.65. The molecule has 3 nitrogen and oxygen atoms in total.